The zero-order valence-corrected chi connectivity index (χ0v) is 8.07. The minimum Gasteiger partial charge on any atom is -0.389 e. The molecule has 0 aromatic rings. The Balaban J connectivity index is 3.72. The van der Waals surface area contributed by atoms with Crippen molar-refractivity contribution in [2.45, 2.75) is 34.1 Å². The van der Waals surface area contributed by atoms with Gasteiger partial charge in [-0.05, 0) is 33.3 Å². The van der Waals surface area contributed by atoms with Gasteiger partial charge >= 0.3 is 0 Å². The van der Waals surface area contributed by atoms with Gasteiger partial charge in [-0.15, -0.1) is 0 Å². The van der Waals surface area contributed by atoms with Gasteiger partial charge in [0.1, 0.15) is 0 Å². The molecule has 0 heterocycles. The Morgan fingerprint density at radius 1 is 1.18 bits per heavy atom. The number of hydrogen-bond acceptors (Lipinski definition) is 1. The molecule has 1 heteroatoms. The molecule has 0 atom stereocenters. The molecular weight excluding hydrogens is 134 g/mol. The van der Waals surface area contributed by atoms with E-state index < -0.39 is 0 Å². The molecule has 0 aliphatic rings. The third-order valence-corrected chi connectivity index (χ3v) is 1.32. The van der Waals surface area contributed by atoms with Gasteiger partial charge in [-0.25, -0.2) is 0 Å². The summed E-state index contributed by atoms with van der Waals surface area (Å²) in [6, 6.07) is 0. The molecule has 1 N–H and O–H groups in total. The Bertz CT molecular complexity index is 150. The van der Waals surface area contributed by atoms with E-state index in [1.54, 1.807) is 0 Å². The molecule has 0 aliphatic heterocycles. The van der Waals surface area contributed by atoms with Crippen LogP contribution in [0.4, 0.5) is 0 Å². The molecule has 0 unspecified atom stereocenters. The van der Waals surface area contributed by atoms with E-state index in [1.165, 1.54) is 17.7 Å². The number of allylic oxidation sites excluding steroid dienone is 4. The lowest BCUT2D eigenvalue weighted by molar-refractivity contribution is 0.770. The molecule has 1 nitrogen and oxygen atoms in total. The van der Waals surface area contributed by atoms with E-state index >= 15 is 0 Å². The summed E-state index contributed by atoms with van der Waals surface area (Å²) in [6.45, 7) is 9.53. The van der Waals surface area contributed by atoms with Gasteiger partial charge in [0.05, 0.1) is 0 Å². The highest BCUT2D eigenvalue weighted by molar-refractivity contribution is 5.12. The second-order valence-corrected chi connectivity index (χ2v) is 3.02. The highest BCUT2D eigenvalue weighted by Gasteiger charge is 1.82. The van der Waals surface area contributed by atoms with Gasteiger partial charge in [-0.3, -0.25) is 0 Å². The maximum absolute atomic E-state index is 3.30. The summed E-state index contributed by atoms with van der Waals surface area (Å²) in [6.07, 6.45) is 5.42. The molecule has 0 aromatic heterocycles. The van der Waals surface area contributed by atoms with Crippen LogP contribution in [0.1, 0.15) is 34.1 Å². The van der Waals surface area contributed by atoms with Gasteiger partial charge in [0.15, 0.2) is 0 Å². The fraction of sp³-hybridized carbons (Fsp3) is 0.600. The molecule has 0 saturated carbocycles. The van der Waals surface area contributed by atoms with Crippen LogP contribution in [0, 0.1) is 0 Å². The van der Waals surface area contributed by atoms with Crippen LogP contribution in [0.25, 0.3) is 0 Å². The van der Waals surface area contributed by atoms with Gasteiger partial charge in [0.25, 0.3) is 0 Å². The maximum Gasteiger partial charge on any atom is 0.0141 e. The molecule has 0 rings (SSSR count). The van der Waals surface area contributed by atoms with E-state index in [2.05, 4.69) is 45.2 Å². The molecule has 0 amide bonds. The van der Waals surface area contributed by atoms with Crippen LogP contribution in [-0.2, 0) is 0 Å². The Hall–Kier alpha value is -0.720. The average molecular weight is 153 g/mol. The Morgan fingerprint density at radius 3 is 2.27 bits per heavy atom. The topological polar surface area (TPSA) is 12.0 Å². The Labute approximate surface area is 70.2 Å². The summed E-state index contributed by atoms with van der Waals surface area (Å²) in [4.78, 5) is 0. The largest absolute Gasteiger partial charge is 0.389 e. The van der Waals surface area contributed by atoms with Crippen LogP contribution in [-0.4, -0.2) is 6.54 Å². The summed E-state index contributed by atoms with van der Waals surface area (Å²) in [7, 11) is 0. The number of hydrogen-bond donors (Lipinski definition) is 1. The van der Waals surface area contributed by atoms with Crippen LogP contribution >= 0.6 is 0 Å². The molecule has 0 aliphatic carbocycles. The first-order valence-corrected chi connectivity index (χ1v) is 4.22. The molecule has 11 heavy (non-hydrogen) atoms. The van der Waals surface area contributed by atoms with Crippen molar-refractivity contribution in [2.24, 2.45) is 0 Å². The second kappa shape index (κ2) is 6.02. The van der Waals surface area contributed by atoms with Crippen molar-refractivity contribution in [1.82, 2.24) is 5.32 Å². The predicted octanol–water partition coefficient (Wildman–Crippen LogP) is 2.86. The molecule has 0 spiro atoms. The highest BCUT2D eigenvalue weighted by atomic mass is 14.9. The quantitative estimate of drug-likeness (QED) is 0.612. The van der Waals surface area contributed by atoms with Gasteiger partial charge in [0.2, 0.25) is 0 Å². The maximum atomic E-state index is 3.30. The van der Waals surface area contributed by atoms with Crippen molar-refractivity contribution < 1.29 is 0 Å². The van der Waals surface area contributed by atoms with Crippen LogP contribution in [0.5, 0.6) is 0 Å². The van der Waals surface area contributed by atoms with Gasteiger partial charge in [0, 0.05) is 12.2 Å². The monoisotopic (exact) mass is 153 g/mol. The molecular formula is C10H19N. The first-order chi connectivity index (χ1) is 5.16. The van der Waals surface area contributed by atoms with Gasteiger partial charge < -0.3 is 5.32 Å². The van der Waals surface area contributed by atoms with Crippen molar-refractivity contribution in [2.75, 3.05) is 6.54 Å². The van der Waals surface area contributed by atoms with Crippen LogP contribution in [0.2, 0.25) is 0 Å². The summed E-state index contributed by atoms with van der Waals surface area (Å²) in [5.74, 6) is 0. The number of rotatable bonds is 4. The van der Waals surface area contributed by atoms with E-state index in [-0.39, 0.29) is 0 Å². The Kier molecular flexibility index (Phi) is 5.63. The highest BCUT2D eigenvalue weighted by Crippen LogP contribution is 1.93. The summed E-state index contributed by atoms with van der Waals surface area (Å²) < 4.78 is 0. The first-order valence-electron chi connectivity index (χ1n) is 4.22. The SMILES string of the molecule is CCCN/C(C)=C/C=C(C)C. The average Bonchev–Trinajstić information content (AvgIpc) is 1.97. The zero-order chi connectivity index (χ0) is 8.69. The smallest absolute Gasteiger partial charge is 0.0141 e. The van der Waals surface area contributed by atoms with E-state index in [9.17, 15) is 0 Å². The van der Waals surface area contributed by atoms with Crippen LogP contribution < -0.4 is 5.32 Å². The standard InChI is InChI=1S/C10H19N/c1-5-8-11-10(4)7-6-9(2)3/h6-7,11H,5,8H2,1-4H3/b10-7+. The van der Waals surface area contributed by atoms with Crippen molar-refractivity contribution in [3.8, 4) is 0 Å². The van der Waals surface area contributed by atoms with E-state index in [1.807, 2.05) is 0 Å². The second-order valence-electron chi connectivity index (χ2n) is 3.02. The van der Waals surface area contributed by atoms with Crippen molar-refractivity contribution in [3.05, 3.63) is 23.4 Å². The van der Waals surface area contributed by atoms with Gasteiger partial charge in [-0.2, -0.15) is 0 Å². The van der Waals surface area contributed by atoms with Crippen LogP contribution in [0.15, 0.2) is 23.4 Å². The van der Waals surface area contributed by atoms with Crippen molar-refractivity contribution >= 4 is 0 Å². The fourth-order valence-electron chi connectivity index (χ4n) is 0.673. The predicted molar refractivity (Wildman–Crippen MR) is 51.5 cm³/mol. The lowest BCUT2D eigenvalue weighted by atomic mass is 10.3. The summed E-state index contributed by atoms with van der Waals surface area (Å²) >= 11 is 0. The third-order valence-electron chi connectivity index (χ3n) is 1.32. The zero-order valence-electron chi connectivity index (χ0n) is 8.07. The Morgan fingerprint density at radius 2 is 1.82 bits per heavy atom. The lowest BCUT2D eigenvalue weighted by Crippen LogP contribution is -2.10. The first kappa shape index (κ1) is 10.3. The number of nitrogens with one attached hydrogen (secondary N) is 1. The summed E-state index contributed by atoms with van der Waals surface area (Å²) in [5, 5.41) is 3.30. The normalized spacial score (nSPS) is 11.1. The van der Waals surface area contributed by atoms with Crippen molar-refractivity contribution in [3.63, 3.8) is 0 Å². The van der Waals surface area contributed by atoms with Gasteiger partial charge in [-0.1, -0.05) is 18.6 Å². The molecule has 0 aromatic carbocycles. The molecule has 0 fully saturated rings. The lowest BCUT2D eigenvalue weighted by Gasteiger charge is -2.02. The van der Waals surface area contributed by atoms with Crippen molar-refractivity contribution in [1.29, 1.82) is 0 Å². The third kappa shape index (κ3) is 7.17. The molecule has 0 radical (unpaired) electrons. The molecule has 0 bridgehead atoms. The molecule has 64 valence electrons. The van der Waals surface area contributed by atoms with Crippen LogP contribution in [0.3, 0.4) is 0 Å². The van der Waals surface area contributed by atoms with E-state index in [0.29, 0.717) is 0 Å². The van der Waals surface area contributed by atoms with E-state index in [4.69, 9.17) is 0 Å². The summed E-state index contributed by atoms with van der Waals surface area (Å²) in [5.41, 5.74) is 2.58. The fourth-order valence-corrected chi connectivity index (χ4v) is 0.673. The minimum atomic E-state index is 1.07. The molecule has 0 saturated heterocycles. The minimum absolute atomic E-state index is 1.07. The van der Waals surface area contributed by atoms with E-state index in [0.717, 1.165) is 6.54 Å².